The van der Waals surface area contributed by atoms with Gasteiger partial charge in [0.2, 0.25) is 11.8 Å². The predicted octanol–water partition coefficient (Wildman–Crippen LogP) is 2.28. The van der Waals surface area contributed by atoms with Gasteiger partial charge in [-0.2, -0.15) is 0 Å². The minimum absolute atomic E-state index is 0.0306. The first-order valence-corrected chi connectivity index (χ1v) is 7.75. The van der Waals surface area contributed by atoms with Crippen molar-refractivity contribution in [1.29, 1.82) is 0 Å². The number of benzene rings is 1. The lowest BCUT2D eigenvalue weighted by molar-refractivity contribution is -0.139. The molecule has 1 atom stereocenters. The van der Waals surface area contributed by atoms with Gasteiger partial charge >= 0.3 is 0 Å². The highest BCUT2D eigenvalue weighted by Gasteiger charge is 2.40. The Morgan fingerprint density at radius 3 is 2.29 bits per heavy atom. The molecule has 4 nitrogen and oxygen atoms in total. The molecule has 112 valence electrons. The maximum atomic E-state index is 12.6. The monoisotopic (exact) mass is 286 g/mol. The van der Waals surface area contributed by atoms with Gasteiger partial charge in [-0.05, 0) is 56.4 Å². The normalized spacial score (nSPS) is 22.2. The fourth-order valence-electron chi connectivity index (χ4n) is 3.43. The molecular weight excluding hydrogens is 264 g/mol. The average Bonchev–Trinajstić information content (AvgIpc) is 3.06. The smallest absolute Gasteiger partial charge is 0.239 e. The van der Waals surface area contributed by atoms with Crippen molar-refractivity contribution in [1.82, 2.24) is 4.90 Å². The molecule has 1 aromatic carbocycles. The molecule has 2 amide bonds. The van der Waals surface area contributed by atoms with Crippen LogP contribution in [0.25, 0.3) is 0 Å². The van der Waals surface area contributed by atoms with Crippen LogP contribution in [-0.2, 0) is 9.59 Å². The number of carbonyl (C=O) groups is 2. The maximum absolute atomic E-state index is 12.6. The minimum Gasteiger partial charge on any atom is -0.342 e. The third kappa shape index (κ3) is 2.67. The summed E-state index contributed by atoms with van der Waals surface area (Å²) in [6.07, 6.45) is 2.77. The lowest BCUT2D eigenvalue weighted by Crippen LogP contribution is -2.38. The van der Waals surface area contributed by atoms with Crippen molar-refractivity contribution in [2.24, 2.45) is 5.92 Å². The highest BCUT2D eigenvalue weighted by Crippen LogP contribution is 2.28. The fraction of sp³-hybridized carbons (Fsp3) is 0.529. The Morgan fingerprint density at radius 2 is 1.67 bits per heavy atom. The van der Waals surface area contributed by atoms with Crippen LogP contribution in [0.3, 0.4) is 0 Å². The van der Waals surface area contributed by atoms with E-state index < -0.39 is 5.92 Å². The molecule has 0 N–H and O–H groups in total. The number of anilines is 1. The van der Waals surface area contributed by atoms with E-state index in [1.165, 1.54) is 0 Å². The minimum atomic E-state index is -0.469. The Hall–Kier alpha value is -1.84. The van der Waals surface area contributed by atoms with Gasteiger partial charge in [0, 0.05) is 25.3 Å². The topological polar surface area (TPSA) is 40.6 Å². The second-order valence-corrected chi connectivity index (χ2v) is 6.21. The van der Waals surface area contributed by atoms with Gasteiger partial charge in [0.05, 0.1) is 0 Å². The van der Waals surface area contributed by atoms with Crippen LogP contribution in [-0.4, -0.2) is 36.3 Å². The van der Waals surface area contributed by atoms with E-state index in [2.05, 4.69) is 6.07 Å². The maximum Gasteiger partial charge on any atom is 0.239 e. The van der Waals surface area contributed by atoms with Crippen molar-refractivity contribution in [3.8, 4) is 0 Å². The van der Waals surface area contributed by atoms with Crippen molar-refractivity contribution >= 4 is 17.5 Å². The summed E-state index contributed by atoms with van der Waals surface area (Å²) in [5, 5.41) is 0. The number of hydrogen-bond donors (Lipinski definition) is 0. The highest BCUT2D eigenvalue weighted by molar-refractivity contribution is 6.09. The van der Waals surface area contributed by atoms with E-state index in [4.69, 9.17) is 0 Å². The molecule has 2 aliphatic rings. The fourth-order valence-corrected chi connectivity index (χ4v) is 3.43. The molecule has 2 heterocycles. The van der Waals surface area contributed by atoms with Crippen molar-refractivity contribution in [3.05, 3.63) is 29.3 Å². The Kier molecular flexibility index (Phi) is 3.70. The summed E-state index contributed by atoms with van der Waals surface area (Å²) >= 11 is 0. The molecule has 2 fully saturated rings. The summed E-state index contributed by atoms with van der Waals surface area (Å²) in [6, 6.07) is 6.14. The molecular formula is C17H22N2O2. The van der Waals surface area contributed by atoms with Gasteiger partial charge in [0.1, 0.15) is 5.92 Å². The lowest BCUT2D eigenvalue weighted by Gasteiger charge is -2.21. The summed E-state index contributed by atoms with van der Waals surface area (Å²) in [5.41, 5.74) is 3.22. The van der Waals surface area contributed by atoms with Gasteiger partial charge in [-0.1, -0.05) is 6.07 Å². The van der Waals surface area contributed by atoms with Crippen LogP contribution in [0.4, 0.5) is 5.69 Å². The van der Waals surface area contributed by atoms with E-state index in [0.717, 1.165) is 42.7 Å². The van der Waals surface area contributed by atoms with Gasteiger partial charge in [0.25, 0.3) is 0 Å². The molecule has 0 spiro atoms. The van der Waals surface area contributed by atoms with Crippen LogP contribution in [0, 0.1) is 19.8 Å². The van der Waals surface area contributed by atoms with Crippen LogP contribution in [0.5, 0.6) is 0 Å². The lowest BCUT2D eigenvalue weighted by atomic mass is 10.1. The summed E-state index contributed by atoms with van der Waals surface area (Å²) in [5.74, 6) is -0.467. The molecule has 0 saturated carbocycles. The first kappa shape index (κ1) is 14.1. The molecule has 0 aromatic heterocycles. The van der Waals surface area contributed by atoms with Crippen molar-refractivity contribution in [2.45, 2.75) is 33.1 Å². The zero-order valence-electron chi connectivity index (χ0n) is 12.8. The standard InChI is InChI=1S/C17H22N2O2/c1-12-9-13(2)11-14(10-12)19-8-5-15(17(19)21)16(20)18-6-3-4-7-18/h9-11,15H,3-8H2,1-2H3. The largest absolute Gasteiger partial charge is 0.342 e. The number of amides is 2. The third-order valence-electron chi connectivity index (χ3n) is 4.44. The molecule has 1 aromatic rings. The van der Waals surface area contributed by atoms with Gasteiger partial charge in [-0.25, -0.2) is 0 Å². The summed E-state index contributed by atoms with van der Waals surface area (Å²) < 4.78 is 0. The van der Waals surface area contributed by atoms with Gasteiger partial charge in [-0.15, -0.1) is 0 Å². The second-order valence-electron chi connectivity index (χ2n) is 6.21. The zero-order chi connectivity index (χ0) is 15.0. The van der Waals surface area contributed by atoms with Gasteiger partial charge < -0.3 is 9.80 Å². The van der Waals surface area contributed by atoms with Crippen LogP contribution < -0.4 is 4.90 Å². The van der Waals surface area contributed by atoms with E-state index in [-0.39, 0.29) is 11.8 Å². The molecule has 0 radical (unpaired) electrons. The van der Waals surface area contributed by atoms with E-state index >= 15 is 0 Å². The highest BCUT2D eigenvalue weighted by atomic mass is 16.2. The second kappa shape index (κ2) is 5.51. The van der Waals surface area contributed by atoms with E-state index in [1.807, 2.05) is 30.9 Å². The van der Waals surface area contributed by atoms with Crippen LogP contribution >= 0.6 is 0 Å². The number of carbonyl (C=O) groups excluding carboxylic acids is 2. The van der Waals surface area contributed by atoms with Crippen LogP contribution in [0.15, 0.2) is 18.2 Å². The number of likely N-dealkylation sites (tertiary alicyclic amines) is 1. The number of nitrogens with zero attached hydrogens (tertiary/aromatic N) is 2. The SMILES string of the molecule is Cc1cc(C)cc(N2CCC(C(=O)N3CCCC3)C2=O)c1. The Labute approximate surface area is 125 Å². The summed E-state index contributed by atoms with van der Waals surface area (Å²) in [4.78, 5) is 28.7. The molecule has 0 bridgehead atoms. The predicted molar refractivity (Wildman–Crippen MR) is 82.2 cm³/mol. The summed E-state index contributed by atoms with van der Waals surface area (Å²) in [7, 11) is 0. The number of aryl methyl sites for hydroxylation is 2. The molecule has 1 unspecified atom stereocenters. The van der Waals surface area contributed by atoms with Gasteiger partial charge in [-0.3, -0.25) is 9.59 Å². The first-order chi connectivity index (χ1) is 10.1. The number of hydrogen-bond acceptors (Lipinski definition) is 2. The quantitative estimate of drug-likeness (QED) is 0.783. The van der Waals surface area contributed by atoms with Crippen molar-refractivity contribution < 1.29 is 9.59 Å². The van der Waals surface area contributed by atoms with Crippen molar-refractivity contribution in [3.63, 3.8) is 0 Å². The molecule has 4 heteroatoms. The van der Waals surface area contributed by atoms with E-state index in [1.54, 1.807) is 4.90 Å². The zero-order valence-corrected chi connectivity index (χ0v) is 12.8. The summed E-state index contributed by atoms with van der Waals surface area (Å²) in [6.45, 7) is 6.33. The van der Waals surface area contributed by atoms with E-state index in [9.17, 15) is 9.59 Å². The molecule has 2 saturated heterocycles. The Bertz CT molecular complexity index is 556. The Balaban J connectivity index is 1.78. The van der Waals surface area contributed by atoms with Crippen LogP contribution in [0.2, 0.25) is 0 Å². The van der Waals surface area contributed by atoms with E-state index in [0.29, 0.717) is 13.0 Å². The van der Waals surface area contributed by atoms with Gasteiger partial charge in [0.15, 0.2) is 0 Å². The average molecular weight is 286 g/mol. The Morgan fingerprint density at radius 1 is 1.05 bits per heavy atom. The van der Waals surface area contributed by atoms with Crippen molar-refractivity contribution in [2.75, 3.05) is 24.5 Å². The molecule has 21 heavy (non-hydrogen) atoms. The molecule has 0 aliphatic carbocycles. The molecule has 2 aliphatic heterocycles. The third-order valence-corrected chi connectivity index (χ3v) is 4.44. The molecule has 3 rings (SSSR count). The number of rotatable bonds is 2. The first-order valence-electron chi connectivity index (χ1n) is 7.75. The van der Waals surface area contributed by atoms with Crippen LogP contribution in [0.1, 0.15) is 30.4 Å².